The summed E-state index contributed by atoms with van der Waals surface area (Å²) < 4.78 is 11.1. The molecule has 0 saturated carbocycles. The van der Waals surface area contributed by atoms with Gasteiger partial charge in [0, 0.05) is 12.3 Å². The molecule has 0 saturated heterocycles. The summed E-state index contributed by atoms with van der Waals surface area (Å²) >= 11 is 0. The normalized spacial score (nSPS) is 10.3. The van der Waals surface area contributed by atoms with E-state index in [0.717, 1.165) is 4.52 Å². The second-order valence-electron chi connectivity index (χ2n) is 4.57. The molecule has 3 heterocycles. The molecule has 3 aromatic rings. The first-order valence-electron chi connectivity index (χ1n) is 6.65. The SMILES string of the molecule is COc1cncc(C(=O)OCc2cc(=O)n3[nH]cc(C#N)c3n2)n1. The number of aromatic amines is 1. The van der Waals surface area contributed by atoms with Crippen LogP contribution in [0.25, 0.3) is 5.65 Å². The molecule has 3 rings (SSSR count). The van der Waals surface area contributed by atoms with E-state index in [2.05, 4.69) is 20.1 Å². The zero-order chi connectivity index (χ0) is 17.1. The van der Waals surface area contributed by atoms with Crippen molar-refractivity contribution in [3.8, 4) is 11.9 Å². The molecule has 10 nitrogen and oxygen atoms in total. The summed E-state index contributed by atoms with van der Waals surface area (Å²) in [5, 5.41) is 11.6. The minimum atomic E-state index is -0.738. The molecule has 0 radical (unpaired) electrons. The summed E-state index contributed by atoms with van der Waals surface area (Å²) in [4.78, 5) is 35.7. The van der Waals surface area contributed by atoms with E-state index in [0.29, 0.717) is 0 Å². The average molecular weight is 326 g/mol. The highest BCUT2D eigenvalue weighted by atomic mass is 16.5. The number of carbonyl (C=O) groups is 1. The van der Waals surface area contributed by atoms with Crippen LogP contribution in [0.4, 0.5) is 0 Å². The Morgan fingerprint density at radius 2 is 2.25 bits per heavy atom. The number of nitrogens with zero attached hydrogens (tertiary/aromatic N) is 5. The van der Waals surface area contributed by atoms with Gasteiger partial charge in [-0.15, -0.1) is 0 Å². The van der Waals surface area contributed by atoms with Crippen LogP contribution in [0.5, 0.6) is 5.88 Å². The minimum Gasteiger partial charge on any atom is -0.480 e. The number of hydrogen-bond donors (Lipinski definition) is 1. The number of ether oxygens (including phenoxy) is 2. The van der Waals surface area contributed by atoms with Crippen LogP contribution in [-0.4, -0.2) is 37.6 Å². The van der Waals surface area contributed by atoms with E-state index in [1.54, 1.807) is 0 Å². The van der Waals surface area contributed by atoms with Gasteiger partial charge in [0.2, 0.25) is 5.88 Å². The Bertz CT molecular complexity index is 1020. The molecule has 1 N–H and O–H groups in total. The number of H-pyrrole nitrogens is 1. The van der Waals surface area contributed by atoms with E-state index in [4.69, 9.17) is 14.7 Å². The van der Waals surface area contributed by atoms with E-state index < -0.39 is 11.5 Å². The third-order valence-corrected chi connectivity index (χ3v) is 3.05. The molecule has 0 aromatic carbocycles. The first kappa shape index (κ1) is 15.2. The Morgan fingerprint density at radius 3 is 3.00 bits per heavy atom. The molecule has 0 bridgehead atoms. The number of esters is 1. The van der Waals surface area contributed by atoms with Crippen molar-refractivity contribution in [1.82, 2.24) is 24.6 Å². The zero-order valence-corrected chi connectivity index (χ0v) is 12.4. The fraction of sp³-hybridized carbons (Fsp3) is 0.143. The summed E-state index contributed by atoms with van der Waals surface area (Å²) in [5.74, 6) is -0.564. The van der Waals surface area contributed by atoms with Gasteiger partial charge in [-0.05, 0) is 0 Å². The number of hydrogen-bond acceptors (Lipinski definition) is 8. The highest BCUT2D eigenvalue weighted by molar-refractivity contribution is 5.86. The van der Waals surface area contributed by atoms with Crippen LogP contribution in [0.1, 0.15) is 21.7 Å². The lowest BCUT2D eigenvalue weighted by molar-refractivity contribution is 0.0459. The van der Waals surface area contributed by atoms with E-state index in [1.165, 1.54) is 31.8 Å². The van der Waals surface area contributed by atoms with Gasteiger partial charge >= 0.3 is 5.97 Å². The Kier molecular flexibility index (Phi) is 3.90. The third-order valence-electron chi connectivity index (χ3n) is 3.05. The van der Waals surface area contributed by atoms with Crippen LogP contribution in [0.2, 0.25) is 0 Å². The molecule has 0 spiro atoms. The summed E-state index contributed by atoms with van der Waals surface area (Å²) in [7, 11) is 1.40. The van der Waals surface area contributed by atoms with E-state index in [-0.39, 0.29) is 35.1 Å². The molecule has 0 amide bonds. The van der Waals surface area contributed by atoms with Crippen LogP contribution in [-0.2, 0) is 11.3 Å². The maximum Gasteiger partial charge on any atom is 0.359 e. The lowest BCUT2D eigenvalue weighted by Crippen LogP contribution is -2.17. The van der Waals surface area contributed by atoms with Crippen molar-refractivity contribution in [2.75, 3.05) is 7.11 Å². The second-order valence-corrected chi connectivity index (χ2v) is 4.57. The maximum absolute atomic E-state index is 12.0. The van der Waals surface area contributed by atoms with E-state index in [1.807, 2.05) is 6.07 Å². The average Bonchev–Trinajstić information content (AvgIpc) is 3.03. The Hall–Kier alpha value is -3.74. The summed E-state index contributed by atoms with van der Waals surface area (Å²) in [6, 6.07) is 3.12. The van der Waals surface area contributed by atoms with Gasteiger partial charge in [-0.3, -0.25) is 14.9 Å². The fourth-order valence-corrected chi connectivity index (χ4v) is 1.94. The van der Waals surface area contributed by atoms with Crippen molar-refractivity contribution in [1.29, 1.82) is 5.26 Å². The molecule has 10 heteroatoms. The standard InChI is InChI=1S/C14H10N6O4/c1-23-11-6-16-5-10(19-11)14(22)24-7-9-2-12(21)20-13(18-9)8(3-15)4-17-20/h2,4-6,17H,7H2,1H3. The highest BCUT2D eigenvalue weighted by Gasteiger charge is 2.13. The molecular formula is C14H10N6O4. The molecule has 0 fully saturated rings. The van der Waals surface area contributed by atoms with Gasteiger partial charge in [0.15, 0.2) is 11.3 Å². The number of rotatable bonds is 4. The van der Waals surface area contributed by atoms with Gasteiger partial charge < -0.3 is 9.47 Å². The van der Waals surface area contributed by atoms with Gasteiger partial charge in [-0.1, -0.05) is 0 Å². The molecule has 0 aliphatic carbocycles. The van der Waals surface area contributed by atoms with Crippen LogP contribution < -0.4 is 10.3 Å². The number of fused-ring (bicyclic) bond motifs is 1. The van der Waals surface area contributed by atoms with Gasteiger partial charge in [-0.2, -0.15) is 5.26 Å². The number of methoxy groups -OCH3 is 1. The highest BCUT2D eigenvalue weighted by Crippen LogP contribution is 2.08. The smallest absolute Gasteiger partial charge is 0.359 e. The molecule has 0 aliphatic rings. The third kappa shape index (κ3) is 2.78. The van der Waals surface area contributed by atoms with Crippen molar-refractivity contribution in [3.05, 3.63) is 52.0 Å². The number of carbonyl (C=O) groups excluding carboxylic acids is 1. The van der Waals surface area contributed by atoms with Gasteiger partial charge in [-0.25, -0.2) is 19.3 Å². The van der Waals surface area contributed by atoms with Gasteiger partial charge in [0.05, 0.1) is 25.2 Å². The lowest BCUT2D eigenvalue weighted by atomic mass is 10.3. The topological polar surface area (TPSA) is 135 Å². The minimum absolute atomic E-state index is 0.0356. The second kappa shape index (κ2) is 6.17. The largest absolute Gasteiger partial charge is 0.480 e. The Morgan fingerprint density at radius 1 is 1.42 bits per heavy atom. The van der Waals surface area contributed by atoms with Gasteiger partial charge in [0.1, 0.15) is 18.2 Å². The molecule has 24 heavy (non-hydrogen) atoms. The summed E-state index contributed by atoms with van der Waals surface area (Å²) in [6.07, 6.45) is 3.95. The van der Waals surface area contributed by atoms with Crippen molar-refractivity contribution >= 4 is 11.6 Å². The Balaban J connectivity index is 1.81. The summed E-state index contributed by atoms with van der Waals surface area (Å²) in [6.45, 7) is -0.250. The number of aromatic nitrogens is 5. The quantitative estimate of drug-likeness (QED) is 0.664. The van der Waals surface area contributed by atoms with E-state index in [9.17, 15) is 9.59 Å². The zero-order valence-electron chi connectivity index (χ0n) is 12.4. The molecule has 0 atom stereocenters. The van der Waals surface area contributed by atoms with Crippen molar-refractivity contribution in [3.63, 3.8) is 0 Å². The molecule has 3 aromatic heterocycles. The first-order chi connectivity index (χ1) is 11.6. The van der Waals surface area contributed by atoms with Crippen molar-refractivity contribution < 1.29 is 14.3 Å². The lowest BCUT2D eigenvalue weighted by Gasteiger charge is -2.05. The predicted molar refractivity (Wildman–Crippen MR) is 78.2 cm³/mol. The number of nitrogens with one attached hydrogen (secondary N) is 1. The van der Waals surface area contributed by atoms with Crippen LogP contribution in [0.15, 0.2) is 29.5 Å². The first-order valence-corrected chi connectivity index (χ1v) is 6.65. The van der Waals surface area contributed by atoms with Crippen molar-refractivity contribution in [2.45, 2.75) is 6.61 Å². The molecule has 0 aliphatic heterocycles. The van der Waals surface area contributed by atoms with Crippen LogP contribution >= 0.6 is 0 Å². The van der Waals surface area contributed by atoms with Gasteiger partial charge in [0.25, 0.3) is 5.56 Å². The number of nitriles is 1. The van der Waals surface area contributed by atoms with Crippen LogP contribution in [0, 0.1) is 11.3 Å². The molecular weight excluding hydrogens is 316 g/mol. The molecule has 120 valence electrons. The van der Waals surface area contributed by atoms with Crippen LogP contribution in [0.3, 0.4) is 0 Å². The molecule has 0 unspecified atom stereocenters. The predicted octanol–water partition coefficient (Wildman–Crippen LogP) is 0.0499. The maximum atomic E-state index is 12.0. The summed E-state index contributed by atoms with van der Waals surface area (Å²) in [5.41, 5.74) is 0.122. The van der Waals surface area contributed by atoms with Crippen molar-refractivity contribution in [2.24, 2.45) is 0 Å². The monoisotopic (exact) mass is 326 g/mol. The van der Waals surface area contributed by atoms with E-state index >= 15 is 0 Å². The Labute approximate surface area is 134 Å². The fourth-order valence-electron chi connectivity index (χ4n) is 1.94.